The predicted molar refractivity (Wildman–Crippen MR) is 113 cm³/mol. The second-order valence-corrected chi connectivity index (χ2v) is 8.57. The zero-order valence-electron chi connectivity index (χ0n) is 16.8. The topological polar surface area (TPSA) is 64.1 Å². The Morgan fingerprint density at radius 2 is 1.97 bits per heavy atom. The summed E-state index contributed by atoms with van der Waals surface area (Å²) in [5.41, 5.74) is -1.13. The summed E-state index contributed by atoms with van der Waals surface area (Å²) >= 11 is 6.78. The Morgan fingerprint density at radius 1 is 1.24 bits per heavy atom. The van der Waals surface area contributed by atoms with Crippen LogP contribution in [0.4, 0.5) is 27.6 Å². The monoisotopic (exact) mass is 503 g/mol. The highest BCUT2D eigenvalue weighted by Crippen LogP contribution is 2.41. The summed E-state index contributed by atoms with van der Waals surface area (Å²) in [6.07, 6.45) is -5.24. The Bertz CT molecular complexity index is 1190. The van der Waals surface area contributed by atoms with Crippen molar-refractivity contribution in [1.29, 1.82) is 0 Å². The van der Waals surface area contributed by atoms with Crippen molar-refractivity contribution in [3.05, 3.63) is 58.4 Å². The molecule has 174 valence electrons. The van der Waals surface area contributed by atoms with Gasteiger partial charge in [-0.1, -0.05) is 17.7 Å². The summed E-state index contributed by atoms with van der Waals surface area (Å²) in [6.45, 7) is 0.745. The second-order valence-electron chi connectivity index (χ2n) is 7.41. The molecule has 3 aromatic rings. The fourth-order valence-corrected chi connectivity index (χ4v) is 3.87. The van der Waals surface area contributed by atoms with Crippen LogP contribution in [-0.2, 0) is 0 Å². The Kier molecular flexibility index (Phi) is 6.28. The highest BCUT2D eigenvalue weighted by Gasteiger charge is 2.39. The second kappa shape index (κ2) is 8.86. The lowest BCUT2D eigenvalue weighted by atomic mass is 10.1. The van der Waals surface area contributed by atoms with Gasteiger partial charge in [0.15, 0.2) is 6.10 Å². The molecule has 1 atom stereocenters. The van der Waals surface area contributed by atoms with E-state index in [2.05, 4.69) is 14.7 Å². The number of ether oxygens (including phenoxy) is 1. The first kappa shape index (κ1) is 23.4. The standard InChI is InChI=1S/C21H15ClF5N3O2S/c1-9(21(25,26)27)32-16-8-11(20-29-18(30-33-20)10-5-6-10)15(24)7-12(16)19(31)28-17-13(22)3-2-4-14(17)23/h2-4,7-10H,5-6H2,1H3,(H,28,31)/t9-/m0/s1. The average molecular weight is 504 g/mol. The van der Waals surface area contributed by atoms with Crippen LogP contribution in [0.15, 0.2) is 30.3 Å². The lowest BCUT2D eigenvalue weighted by Gasteiger charge is -2.20. The van der Waals surface area contributed by atoms with Gasteiger partial charge in [-0.3, -0.25) is 4.79 Å². The molecule has 1 aliphatic rings. The first-order valence-electron chi connectivity index (χ1n) is 9.71. The molecular formula is C21H15ClF5N3O2S. The van der Waals surface area contributed by atoms with Crippen molar-refractivity contribution in [1.82, 2.24) is 9.36 Å². The summed E-state index contributed by atoms with van der Waals surface area (Å²) < 4.78 is 77.6. The first-order chi connectivity index (χ1) is 15.5. The van der Waals surface area contributed by atoms with E-state index in [9.17, 15) is 26.7 Å². The number of hydrogen-bond acceptors (Lipinski definition) is 5. The van der Waals surface area contributed by atoms with E-state index in [0.29, 0.717) is 5.82 Å². The van der Waals surface area contributed by atoms with Crippen LogP contribution in [0.25, 0.3) is 10.6 Å². The zero-order valence-corrected chi connectivity index (χ0v) is 18.4. The van der Waals surface area contributed by atoms with Crippen molar-refractivity contribution in [3.8, 4) is 16.3 Å². The van der Waals surface area contributed by atoms with E-state index in [1.54, 1.807) is 0 Å². The number of para-hydroxylation sites is 1. The van der Waals surface area contributed by atoms with E-state index in [4.69, 9.17) is 16.3 Å². The molecule has 0 spiro atoms. The van der Waals surface area contributed by atoms with Crippen molar-refractivity contribution in [3.63, 3.8) is 0 Å². The van der Waals surface area contributed by atoms with Crippen LogP contribution in [0, 0.1) is 11.6 Å². The van der Waals surface area contributed by atoms with Gasteiger partial charge in [-0.25, -0.2) is 13.8 Å². The van der Waals surface area contributed by atoms with Gasteiger partial charge in [-0.05, 0) is 55.6 Å². The lowest BCUT2D eigenvalue weighted by Crippen LogP contribution is -2.32. The number of anilines is 1. The van der Waals surface area contributed by atoms with E-state index in [0.717, 1.165) is 49.5 Å². The maximum absolute atomic E-state index is 15.0. The third-order valence-electron chi connectivity index (χ3n) is 4.89. The number of halogens is 6. The van der Waals surface area contributed by atoms with Gasteiger partial charge in [0, 0.05) is 5.92 Å². The van der Waals surface area contributed by atoms with Gasteiger partial charge in [-0.2, -0.15) is 17.5 Å². The molecule has 5 nitrogen and oxygen atoms in total. The number of nitrogens with one attached hydrogen (secondary N) is 1. The number of alkyl halides is 3. The minimum Gasteiger partial charge on any atom is -0.480 e. The summed E-state index contributed by atoms with van der Waals surface area (Å²) in [5, 5.41) is 2.16. The van der Waals surface area contributed by atoms with Gasteiger partial charge >= 0.3 is 6.18 Å². The van der Waals surface area contributed by atoms with E-state index in [-0.39, 0.29) is 21.5 Å². The molecule has 1 N–H and O–H groups in total. The van der Waals surface area contributed by atoms with Crippen molar-refractivity contribution in [2.24, 2.45) is 0 Å². The maximum Gasteiger partial charge on any atom is 0.425 e. The van der Waals surface area contributed by atoms with Crippen LogP contribution >= 0.6 is 23.1 Å². The van der Waals surface area contributed by atoms with Gasteiger partial charge in [0.25, 0.3) is 5.91 Å². The molecule has 0 radical (unpaired) electrons. The smallest absolute Gasteiger partial charge is 0.425 e. The van der Waals surface area contributed by atoms with Crippen molar-refractivity contribution < 1.29 is 31.5 Å². The normalized spacial score (nSPS) is 14.8. The summed E-state index contributed by atoms with van der Waals surface area (Å²) in [7, 11) is 0. The molecule has 0 saturated heterocycles. The molecule has 1 heterocycles. The van der Waals surface area contributed by atoms with Crippen molar-refractivity contribution >= 4 is 34.7 Å². The third kappa shape index (κ3) is 5.09. The van der Waals surface area contributed by atoms with Crippen molar-refractivity contribution in [2.75, 3.05) is 5.32 Å². The van der Waals surface area contributed by atoms with E-state index >= 15 is 0 Å². The minimum absolute atomic E-state index is 0.142. The Morgan fingerprint density at radius 3 is 2.61 bits per heavy atom. The molecule has 2 aromatic carbocycles. The molecule has 1 aliphatic carbocycles. The molecule has 33 heavy (non-hydrogen) atoms. The van der Waals surface area contributed by atoms with Crippen LogP contribution in [0.3, 0.4) is 0 Å². The highest BCUT2D eigenvalue weighted by molar-refractivity contribution is 7.09. The quantitative estimate of drug-likeness (QED) is 0.385. The Hall–Kier alpha value is -2.79. The van der Waals surface area contributed by atoms with Crippen LogP contribution in [0.2, 0.25) is 5.02 Å². The average Bonchev–Trinajstić information content (AvgIpc) is 3.48. The number of aromatic nitrogens is 2. The SMILES string of the molecule is C[C@H](Oc1cc(-c2nc(C3CC3)ns2)c(F)cc1C(=O)Nc1c(F)cccc1Cl)C(F)(F)F. The van der Waals surface area contributed by atoms with Gasteiger partial charge in [0.1, 0.15) is 28.2 Å². The highest BCUT2D eigenvalue weighted by atomic mass is 35.5. The van der Waals surface area contributed by atoms with Crippen LogP contribution in [-0.4, -0.2) is 27.5 Å². The summed E-state index contributed by atoms with van der Waals surface area (Å²) in [4.78, 5) is 17.0. The van der Waals surface area contributed by atoms with Gasteiger partial charge in [0.2, 0.25) is 0 Å². The summed E-state index contributed by atoms with van der Waals surface area (Å²) in [5.74, 6) is -2.73. The molecule has 1 amide bonds. The third-order valence-corrected chi connectivity index (χ3v) is 5.97. The molecule has 1 aromatic heterocycles. The first-order valence-corrected chi connectivity index (χ1v) is 10.9. The van der Waals surface area contributed by atoms with Gasteiger partial charge < -0.3 is 10.1 Å². The van der Waals surface area contributed by atoms with Crippen molar-refractivity contribution in [2.45, 2.75) is 38.0 Å². The molecule has 4 rings (SSSR count). The van der Waals surface area contributed by atoms with Crippen LogP contribution in [0.1, 0.15) is 41.9 Å². The fraction of sp³-hybridized carbons (Fsp3) is 0.286. The molecule has 1 fully saturated rings. The van der Waals surface area contributed by atoms with E-state index < -0.39 is 46.8 Å². The molecule has 0 bridgehead atoms. The number of benzene rings is 2. The number of rotatable bonds is 6. The molecule has 0 aliphatic heterocycles. The number of nitrogens with zero attached hydrogens (tertiary/aromatic N) is 2. The van der Waals surface area contributed by atoms with Gasteiger partial charge in [-0.15, -0.1) is 0 Å². The molecule has 1 saturated carbocycles. The van der Waals surface area contributed by atoms with Gasteiger partial charge in [0.05, 0.1) is 21.8 Å². The number of hydrogen-bond donors (Lipinski definition) is 1. The lowest BCUT2D eigenvalue weighted by molar-refractivity contribution is -0.189. The number of amides is 1. The van der Waals surface area contributed by atoms with Crippen LogP contribution < -0.4 is 10.1 Å². The Balaban J connectivity index is 1.74. The number of carbonyl (C=O) groups excluding carboxylic acids is 1. The van der Waals surface area contributed by atoms with Crippen LogP contribution in [0.5, 0.6) is 5.75 Å². The molecule has 12 heteroatoms. The molecular weight excluding hydrogens is 489 g/mol. The fourth-order valence-electron chi connectivity index (χ4n) is 2.90. The zero-order chi connectivity index (χ0) is 23.9. The predicted octanol–water partition coefficient (Wildman–Crippen LogP) is 6.60. The number of carbonyl (C=O) groups is 1. The minimum atomic E-state index is -4.75. The maximum atomic E-state index is 15.0. The molecule has 0 unspecified atom stereocenters. The van der Waals surface area contributed by atoms with E-state index in [1.165, 1.54) is 12.1 Å². The summed E-state index contributed by atoms with van der Waals surface area (Å²) in [6, 6.07) is 5.32. The largest absolute Gasteiger partial charge is 0.480 e. The Labute approximate surface area is 193 Å². The van der Waals surface area contributed by atoms with E-state index in [1.807, 2.05) is 0 Å².